The van der Waals surface area contributed by atoms with Crippen LogP contribution in [0.4, 0.5) is 11.5 Å². The Labute approximate surface area is 114 Å². The highest BCUT2D eigenvalue weighted by Gasteiger charge is 2.24. The highest BCUT2D eigenvalue weighted by molar-refractivity contribution is 5.61. The normalized spacial score (nSPS) is 9.90. The van der Waals surface area contributed by atoms with E-state index in [2.05, 4.69) is 15.3 Å². The van der Waals surface area contributed by atoms with Gasteiger partial charge in [-0.15, -0.1) is 0 Å². The average Bonchev–Trinajstić information content (AvgIpc) is 2.47. The van der Waals surface area contributed by atoms with Gasteiger partial charge < -0.3 is 14.8 Å². The second kappa shape index (κ2) is 5.83. The van der Waals surface area contributed by atoms with E-state index in [1.807, 2.05) is 0 Å². The number of rotatable bonds is 5. The minimum absolute atomic E-state index is 0.0912. The number of methoxy groups -OCH3 is 1. The van der Waals surface area contributed by atoms with E-state index in [1.165, 1.54) is 13.4 Å². The quantitative estimate of drug-likeness (QED) is 0.660. The lowest BCUT2D eigenvalue weighted by Gasteiger charge is -2.07. The summed E-state index contributed by atoms with van der Waals surface area (Å²) in [6.45, 7) is 0. The predicted octanol–water partition coefficient (Wildman–Crippen LogP) is 2.23. The van der Waals surface area contributed by atoms with Crippen molar-refractivity contribution in [3.8, 4) is 17.4 Å². The van der Waals surface area contributed by atoms with E-state index in [1.54, 1.807) is 31.4 Å². The molecule has 0 aliphatic rings. The zero-order chi connectivity index (χ0) is 14.5. The van der Waals surface area contributed by atoms with Crippen molar-refractivity contribution in [2.45, 2.75) is 0 Å². The molecule has 0 aliphatic carbocycles. The summed E-state index contributed by atoms with van der Waals surface area (Å²) in [5.41, 5.74) is -0.314. The Kier molecular flexibility index (Phi) is 3.94. The summed E-state index contributed by atoms with van der Waals surface area (Å²) in [7, 11) is 3.08. The number of nitro groups is 1. The Bertz CT molecular complexity index is 615. The Morgan fingerprint density at radius 1 is 1.20 bits per heavy atom. The number of ether oxygens (including phenoxy) is 2. The van der Waals surface area contributed by atoms with E-state index < -0.39 is 4.92 Å². The summed E-state index contributed by atoms with van der Waals surface area (Å²) < 4.78 is 10.4. The van der Waals surface area contributed by atoms with Crippen LogP contribution in [0.15, 0.2) is 30.6 Å². The highest BCUT2D eigenvalue weighted by Crippen LogP contribution is 2.33. The van der Waals surface area contributed by atoms with Gasteiger partial charge in [0.1, 0.15) is 17.8 Å². The molecule has 1 aromatic heterocycles. The molecule has 2 aromatic rings. The fourth-order valence-electron chi connectivity index (χ4n) is 1.54. The number of nitrogens with zero attached hydrogens (tertiary/aromatic N) is 3. The summed E-state index contributed by atoms with van der Waals surface area (Å²) in [6, 6.07) is 6.62. The van der Waals surface area contributed by atoms with Gasteiger partial charge in [0.2, 0.25) is 5.82 Å². The molecule has 1 heterocycles. The van der Waals surface area contributed by atoms with E-state index in [4.69, 9.17) is 9.47 Å². The van der Waals surface area contributed by atoms with Crippen molar-refractivity contribution in [2.75, 3.05) is 19.5 Å². The van der Waals surface area contributed by atoms with Crippen molar-refractivity contribution >= 4 is 11.5 Å². The number of anilines is 1. The molecule has 0 atom stereocenters. The maximum absolute atomic E-state index is 11.1. The van der Waals surface area contributed by atoms with Crippen LogP contribution in [-0.2, 0) is 0 Å². The first-order valence-electron chi connectivity index (χ1n) is 5.64. The minimum Gasteiger partial charge on any atom is -0.497 e. The molecule has 8 heteroatoms. The molecule has 104 valence electrons. The van der Waals surface area contributed by atoms with Gasteiger partial charge in [-0.3, -0.25) is 10.1 Å². The van der Waals surface area contributed by atoms with Gasteiger partial charge in [-0.2, -0.15) is 4.98 Å². The first-order chi connectivity index (χ1) is 9.65. The molecule has 20 heavy (non-hydrogen) atoms. The molecule has 0 saturated heterocycles. The number of hydrogen-bond acceptors (Lipinski definition) is 7. The molecule has 0 spiro atoms. The van der Waals surface area contributed by atoms with Crippen molar-refractivity contribution < 1.29 is 14.4 Å². The van der Waals surface area contributed by atoms with E-state index in [9.17, 15) is 10.1 Å². The Balaban J connectivity index is 2.34. The number of benzene rings is 1. The van der Waals surface area contributed by atoms with Crippen molar-refractivity contribution in [2.24, 2.45) is 0 Å². The molecule has 0 amide bonds. The van der Waals surface area contributed by atoms with Crippen LogP contribution >= 0.6 is 0 Å². The third kappa shape index (κ3) is 2.74. The van der Waals surface area contributed by atoms with Crippen LogP contribution in [0.3, 0.4) is 0 Å². The Morgan fingerprint density at radius 3 is 2.40 bits per heavy atom. The monoisotopic (exact) mass is 276 g/mol. The lowest BCUT2D eigenvalue weighted by molar-refractivity contribution is -0.385. The van der Waals surface area contributed by atoms with Crippen molar-refractivity contribution in [3.05, 3.63) is 40.7 Å². The Morgan fingerprint density at radius 2 is 1.85 bits per heavy atom. The summed E-state index contributed by atoms with van der Waals surface area (Å²) >= 11 is 0. The predicted molar refractivity (Wildman–Crippen MR) is 71.3 cm³/mol. The summed E-state index contributed by atoms with van der Waals surface area (Å²) in [5.74, 6) is 1.04. The molecule has 8 nitrogen and oxygen atoms in total. The van der Waals surface area contributed by atoms with Crippen molar-refractivity contribution in [3.63, 3.8) is 0 Å². The smallest absolute Gasteiger partial charge is 0.373 e. The van der Waals surface area contributed by atoms with Crippen LogP contribution in [0.2, 0.25) is 0 Å². The van der Waals surface area contributed by atoms with Gasteiger partial charge in [-0.1, -0.05) is 0 Å². The van der Waals surface area contributed by atoms with Gasteiger partial charge in [-0.25, -0.2) is 4.98 Å². The second-order valence-corrected chi connectivity index (χ2v) is 3.66. The van der Waals surface area contributed by atoms with Gasteiger partial charge in [0.15, 0.2) is 0 Å². The number of nitrogens with one attached hydrogen (secondary N) is 1. The average molecular weight is 276 g/mol. The molecule has 0 saturated carbocycles. The first kappa shape index (κ1) is 13.5. The third-order valence-corrected chi connectivity index (χ3v) is 2.48. The third-order valence-electron chi connectivity index (χ3n) is 2.48. The molecule has 0 unspecified atom stereocenters. The van der Waals surface area contributed by atoms with E-state index in [0.717, 1.165) is 0 Å². The first-order valence-corrected chi connectivity index (χ1v) is 5.64. The summed E-state index contributed by atoms with van der Waals surface area (Å²) in [6.07, 6.45) is 1.19. The van der Waals surface area contributed by atoms with Crippen LogP contribution in [-0.4, -0.2) is 29.0 Å². The molecule has 0 aliphatic heterocycles. The maximum atomic E-state index is 11.1. The van der Waals surface area contributed by atoms with Crippen molar-refractivity contribution in [1.29, 1.82) is 0 Å². The Hall–Kier alpha value is -2.90. The van der Waals surface area contributed by atoms with Gasteiger partial charge in [0.25, 0.3) is 0 Å². The molecular weight excluding hydrogens is 264 g/mol. The SMILES string of the molecule is CNc1ncnc(Oc2ccc(OC)cc2)c1[N+](=O)[O-]. The molecular formula is C12H12N4O4. The van der Waals surface area contributed by atoms with E-state index in [0.29, 0.717) is 11.5 Å². The highest BCUT2D eigenvalue weighted by atomic mass is 16.6. The van der Waals surface area contributed by atoms with E-state index in [-0.39, 0.29) is 17.4 Å². The maximum Gasteiger partial charge on any atom is 0.373 e. The molecule has 0 radical (unpaired) electrons. The summed E-state index contributed by atoms with van der Waals surface area (Å²) in [5, 5.41) is 13.7. The topological polar surface area (TPSA) is 99.4 Å². The fraction of sp³-hybridized carbons (Fsp3) is 0.167. The second-order valence-electron chi connectivity index (χ2n) is 3.66. The molecule has 2 rings (SSSR count). The van der Waals surface area contributed by atoms with Gasteiger partial charge >= 0.3 is 11.6 Å². The summed E-state index contributed by atoms with van der Waals surface area (Å²) in [4.78, 5) is 18.1. The lowest BCUT2D eigenvalue weighted by Crippen LogP contribution is -2.03. The standard InChI is InChI=1S/C12H12N4O4/c1-13-11-10(16(17)18)12(15-7-14-11)20-9-5-3-8(19-2)4-6-9/h3-7H,1-2H3,(H,13,14,15). The van der Waals surface area contributed by atoms with E-state index >= 15 is 0 Å². The molecule has 0 bridgehead atoms. The molecule has 1 aromatic carbocycles. The zero-order valence-corrected chi connectivity index (χ0v) is 10.9. The van der Waals surface area contributed by atoms with Gasteiger partial charge in [0, 0.05) is 7.05 Å². The zero-order valence-electron chi connectivity index (χ0n) is 10.9. The van der Waals surface area contributed by atoms with Crippen LogP contribution < -0.4 is 14.8 Å². The van der Waals surface area contributed by atoms with Crippen LogP contribution in [0.5, 0.6) is 17.4 Å². The largest absolute Gasteiger partial charge is 0.497 e. The van der Waals surface area contributed by atoms with Crippen LogP contribution in [0, 0.1) is 10.1 Å². The lowest BCUT2D eigenvalue weighted by atomic mass is 10.3. The van der Waals surface area contributed by atoms with Crippen LogP contribution in [0.25, 0.3) is 0 Å². The fourth-order valence-corrected chi connectivity index (χ4v) is 1.54. The number of hydrogen-bond donors (Lipinski definition) is 1. The molecule has 1 N–H and O–H groups in total. The molecule has 0 fully saturated rings. The van der Waals surface area contributed by atoms with Crippen LogP contribution in [0.1, 0.15) is 0 Å². The van der Waals surface area contributed by atoms with Gasteiger partial charge in [-0.05, 0) is 24.3 Å². The minimum atomic E-state index is -0.593. The number of aromatic nitrogens is 2. The van der Waals surface area contributed by atoms with Gasteiger partial charge in [0.05, 0.1) is 12.0 Å². The van der Waals surface area contributed by atoms with Crippen molar-refractivity contribution in [1.82, 2.24) is 9.97 Å².